The van der Waals surface area contributed by atoms with Crippen LogP contribution in [0.1, 0.15) is 31.2 Å². The number of nitrogens with zero attached hydrogens (tertiary/aromatic N) is 2. The minimum atomic E-state index is 0.315. The fourth-order valence-corrected chi connectivity index (χ4v) is 3.48. The number of benzene rings is 1. The number of guanidine groups is 1. The lowest BCUT2D eigenvalue weighted by molar-refractivity contribution is 0.0372. The van der Waals surface area contributed by atoms with Gasteiger partial charge in [-0.2, -0.15) is 0 Å². The molecule has 1 aliphatic carbocycles. The first-order valence-electron chi connectivity index (χ1n) is 9.63. The van der Waals surface area contributed by atoms with Crippen LogP contribution >= 0.6 is 0 Å². The van der Waals surface area contributed by atoms with E-state index in [4.69, 9.17) is 4.74 Å². The molecule has 25 heavy (non-hydrogen) atoms. The maximum atomic E-state index is 5.39. The van der Waals surface area contributed by atoms with Crippen molar-refractivity contribution in [2.45, 2.75) is 31.1 Å². The van der Waals surface area contributed by atoms with Gasteiger partial charge < -0.3 is 15.4 Å². The van der Waals surface area contributed by atoms with Gasteiger partial charge in [-0.3, -0.25) is 9.89 Å². The topological polar surface area (TPSA) is 48.9 Å². The van der Waals surface area contributed by atoms with Crippen LogP contribution in [0.25, 0.3) is 0 Å². The summed E-state index contributed by atoms with van der Waals surface area (Å²) in [7, 11) is 1.85. The van der Waals surface area contributed by atoms with E-state index in [-0.39, 0.29) is 0 Å². The van der Waals surface area contributed by atoms with Crippen molar-refractivity contribution in [3.05, 3.63) is 35.9 Å². The Morgan fingerprint density at radius 3 is 2.56 bits per heavy atom. The Balaban J connectivity index is 1.32. The fourth-order valence-electron chi connectivity index (χ4n) is 3.48. The van der Waals surface area contributed by atoms with E-state index in [1.807, 2.05) is 7.05 Å². The Kier molecular flexibility index (Phi) is 6.70. The largest absolute Gasteiger partial charge is 0.379 e. The second-order valence-corrected chi connectivity index (χ2v) is 7.16. The van der Waals surface area contributed by atoms with E-state index in [9.17, 15) is 0 Å². The monoisotopic (exact) mass is 344 g/mol. The first-order chi connectivity index (χ1) is 12.3. The molecule has 1 saturated heterocycles. The molecule has 1 saturated carbocycles. The van der Waals surface area contributed by atoms with Gasteiger partial charge in [-0.15, -0.1) is 0 Å². The summed E-state index contributed by atoms with van der Waals surface area (Å²) in [6, 6.07) is 10.9. The van der Waals surface area contributed by atoms with E-state index in [1.54, 1.807) is 0 Å². The van der Waals surface area contributed by atoms with Gasteiger partial charge in [-0.05, 0) is 37.8 Å². The molecule has 1 heterocycles. The maximum absolute atomic E-state index is 5.39. The number of aliphatic imine (C=N–C) groups is 1. The van der Waals surface area contributed by atoms with E-state index in [0.717, 1.165) is 45.4 Å². The predicted octanol–water partition coefficient (Wildman–Crippen LogP) is 2.00. The van der Waals surface area contributed by atoms with E-state index in [1.165, 1.54) is 37.8 Å². The zero-order chi connectivity index (χ0) is 17.4. The van der Waals surface area contributed by atoms with Crippen LogP contribution in [0.3, 0.4) is 0 Å². The first-order valence-corrected chi connectivity index (χ1v) is 9.63. The van der Waals surface area contributed by atoms with E-state index < -0.39 is 0 Å². The predicted molar refractivity (Wildman–Crippen MR) is 103 cm³/mol. The van der Waals surface area contributed by atoms with Crippen molar-refractivity contribution in [2.24, 2.45) is 4.99 Å². The average Bonchev–Trinajstić information content (AvgIpc) is 3.47. The quantitative estimate of drug-likeness (QED) is 0.430. The number of ether oxygens (including phenoxy) is 1. The molecule has 0 unspecified atom stereocenters. The van der Waals surface area contributed by atoms with E-state index >= 15 is 0 Å². The third kappa shape index (κ3) is 5.44. The Morgan fingerprint density at radius 2 is 1.88 bits per heavy atom. The van der Waals surface area contributed by atoms with Gasteiger partial charge in [0.2, 0.25) is 0 Å². The van der Waals surface area contributed by atoms with Gasteiger partial charge >= 0.3 is 0 Å². The number of unbranched alkanes of at least 4 members (excludes halogenated alkanes) is 1. The van der Waals surface area contributed by atoms with Crippen LogP contribution in [-0.2, 0) is 10.2 Å². The molecule has 1 aromatic rings. The normalized spacial score (nSPS) is 20.3. The Hall–Kier alpha value is -1.59. The molecule has 0 radical (unpaired) electrons. The summed E-state index contributed by atoms with van der Waals surface area (Å²) in [5.74, 6) is 0.925. The number of morpholine rings is 1. The van der Waals surface area contributed by atoms with Crippen LogP contribution in [0.4, 0.5) is 0 Å². The number of hydrogen-bond acceptors (Lipinski definition) is 3. The van der Waals surface area contributed by atoms with Crippen LogP contribution < -0.4 is 10.6 Å². The summed E-state index contributed by atoms with van der Waals surface area (Å²) in [6.45, 7) is 7.05. The molecule has 1 aromatic carbocycles. The molecule has 0 aromatic heterocycles. The number of rotatable bonds is 8. The summed E-state index contributed by atoms with van der Waals surface area (Å²) in [5, 5.41) is 6.98. The highest BCUT2D eigenvalue weighted by Crippen LogP contribution is 2.47. The summed E-state index contributed by atoms with van der Waals surface area (Å²) >= 11 is 0. The van der Waals surface area contributed by atoms with E-state index in [0.29, 0.717) is 5.41 Å². The molecule has 0 bridgehead atoms. The van der Waals surface area contributed by atoms with Crippen molar-refractivity contribution in [2.75, 3.05) is 53.0 Å². The number of hydrogen-bond donors (Lipinski definition) is 2. The highest BCUT2D eigenvalue weighted by molar-refractivity contribution is 5.79. The van der Waals surface area contributed by atoms with E-state index in [2.05, 4.69) is 50.9 Å². The third-order valence-electron chi connectivity index (χ3n) is 5.35. The molecular weight excluding hydrogens is 312 g/mol. The Labute approximate surface area is 151 Å². The summed E-state index contributed by atoms with van der Waals surface area (Å²) in [4.78, 5) is 6.86. The highest BCUT2D eigenvalue weighted by atomic mass is 16.5. The molecular formula is C20H32N4O. The minimum absolute atomic E-state index is 0.315. The van der Waals surface area contributed by atoms with Gasteiger partial charge in [-0.1, -0.05) is 30.3 Å². The zero-order valence-corrected chi connectivity index (χ0v) is 15.5. The van der Waals surface area contributed by atoms with Gasteiger partial charge in [0.1, 0.15) is 0 Å². The summed E-state index contributed by atoms with van der Waals surface area (Å²) in [5.41, 5.74) is 1.76. The van der Waals surface area contributed by atoms with Gasteiger partial charge in [-0.25, -0.2) is 0 Å². The Bertz CT molecular complexity index is 536. The van der Waals surface area contributed by atoms with Crippen molar-refractivity contribution in [1.82, 2.24) is 15.5 Å². The molecule has 2 fully saturated rings. The maximum Gasteiger partial charge on any atom is 0.191 e. The van der Waals surface area contributed by atoms with Gasteiger partial charge in [0.25, 0.3) is 0 Å². The molecule has 1 aliphatic heterocycles. The molecule has 138 valence electrons. The van der Waals surface area contributed by atoms with Crippen LogP contribution in [0.15, 0.2) is 35.3 Å². The molecule has 5 nitrogen and oxygen atoms in total. The van der Waals surface area contributed by atoms with Gasteiger partial charge in [0.15, 0.2) is 5.96 Å². The third-order valence-corrected chi connectivity index (χ3v) is 5.35. The summed E-state index contributed by atoms with van der Waals surface area (Å²) < 4.78 is 5.39. The Morgan fingerprint density at radius 1 is 1.12 bits per heavy atom. The van der Waals surface area contributed by atoms with Crippen molar-refractivity contribution in [3.63, 3.8) is 0 Å². The van der Waals surface area contributed by atoms with Crippen molar-refractivity contribution in [1.29, 1.82) is 0 Å². The second-order valence-electron chi connectivity index (χ2n) is 7.16. The zero-order valence-electron chi connectivity index (χ0n) is 15.5. The lowest BCUT2D eigenvalue weighted by atomic mass is 9.96. The standard InChI is InChI=1S/C20H32N4O/c1-21-19(22-11-5-6-12-24-13-15-25-16-14-24)23-17-20(9-10-20)18-7-3-2-4-8-18/h2-4,7-8H,5-6,9-17H2,1H3,(H2,21,22,23). The molecule has 2 N–H and O–H groups in total. The van der Waals surface area contributed by atoms with Crippen LogP contribution in [0.5, 0.6) is 0 Å². The molecule has 0 atom stereocenters. The smallest absolute Gasteiger partial charge is 0.191 e. The van der Waals surface area contributed by atoms with Crippen LogP contribution in [0, 0.1) is 0 Å². The van der Waals surface area contributed by atoms with Crippen molar-refractivity contribution < 1.29 is 4.74 Å². The van der Waals surface area contributed by atoms with Gasteiger partial charge in [0.05, 0.1) is 13.2 Å². The first kappa shape index (κ1) is 18.2. The molecule has 2 aliphatic rings. The van der Waals surface area contributed by atoms with Crippen molar-refractivity contribution >= 4 is 5.96 Å². The minimum Gasteiger partial charge on any atom is -0.379 e. The van der Waals surface area contributed by atoms with Crippen LogP contribution in [-0.4, -0.2) is 63.8 Å². The second kappa shape index (κ2) is 9.20. The lowest BCUT2D eigenvalue weighted by Crippen LogP contribution is -2.41. The van der Waals surface area contributed by atoms with Gasteiger partial charge in [0, 0.05) is 38.6 Å². The number of nitrogens with one attached hydrogen (secondary N) is 2. The summed E-state index contributed by atoms with van der Waals surface area (Å²) in [6.07, 6.45) is 4.92. The molecule has 0 amide bonds. The molecule has 3 rings (SSSR count). The van der Waals surface area contributed by atoms with Crippen molar-refractivity contribution in [3.8, 4) is 0 Å². The SMILES string of the molecule is CN=C(NCCCCN1CCOCC1)NCC1(c2ccccc2)CC1. The molecule has 5 heteroatoms. The fraction of sp³-hybridized carbons (Fsp3) is 0.650. The highest BCUT2D eigenvalue weighted by Gasteiger charge is 2.43. The molecule has 0 spiro atoms. The average molecular weight is 345 g/mol. The lowest BCUT2D eigenvalue weighted by Gasteiger charge is -2.26. The van der Waals surface area contributed by atoms with Crippen LogP contribution in [0.2, 0.25) is 0 Å².